The normalized spacial score (nSPS) is 26.4. The van der Waals surface area contributed by atoms with Gasteiger partial charge in [0, 0.05) is 19.5 Å². The topological polar surface area (TPSA) is 49.4 Å². The molecule has 0 aromatic carbocycles. The van der Waals surface area contributed by atoms with E-state index in [-0.39, 0.29) is 17.9 Å². The highest BCUT2D eigenvalue weighted by Crippen LogP contribution is 2.08. The van der Waals surface area contributed by atoms with E-state index in [2.05, 4.69) is 5.32 Å². The molecule has 1 N–H and O–H groups in total. The molecule has 0 spiro atoms. The molecule has 1 fully saturated rings. The van der Waals surface area contributed by atoms with Gasteiger partial charge in [0.2, 0.25) is 5.91 Å². The zero-order valence-corrected chi connectivity index (χ0v) is 6.76. The standard InChI is InChI=1S/C7H12N2O2/c1-5-3-4-8-7(11)9(2)6(5)10/h5H,3-4H2,1-2H3,(H,8,11). The largest absolute Gasteiger partial charge is 0.338 e. The molecule has 4 nitrogen and oxygen atoms in total. The third-order valence-corrected chi connectivity index (χ3v) is 1.91. The summed E-state index contributed by atoms with van der Waals surface area (Å²) in [7, 11) is 1.50. The Balaban J connectivity index is 2.73. The number of nitrogens with one attached hydrogen (secondary N) is 1. The Morgan fingerprint density at radius 2 is 2.18 bits per heavy atom. The molecule has 0 aromatic rings. The predicted molar refractivity (Wildman–Crippen MR) is 39.9 cm³/mol. The molecular formula is C7H12N2O2. The molecule has 0 bridgehead atoms. The van der Waals surface area contributed by atoms with Gasteiger partial charge in [-0.25, -0.2) is 4.79 Å². The molecule has 1 saturated heterocycles. The predicted octanol–water partition coefficient (Wildman–Crippen LogP) is 0.194. The Hall–Kier alpha value is -1.06. The van der Waals surface area contributed by atoms with Crippen LogP contribution in [0.5, 0.6) is 0 Å². The number of nitrogens with zero attached hydrogens (tertiary/aromatic N) is 1. The molecule has 4 heteroatoms. The summed E-state index contributed by atoms with van der Waals surface area (Å²) in [5.74, 6) is -0.140. The maximum Gasteiger partial charge on any atom is 0.323 e. The van der Waals surface area contributed by atoms with Crippen molar-refractivity contribution in [2.24, 2.45) is 5.92 Å². The fourth-order valence-electron chi connectivity index (χ4n) is 1.07. The average molecular weight is 156 g/mol. The summed E-state index contributed by atoms with van der Waals surface area (Å²) in [5, 5.41) is 2.62. The minimum atomic E-state index is -0.292. The first-order chi connectivity index (χ1) is 5.13. The van der Waals surface area contributed by atoms with E-state index in [9.17, 15) is 9.59 Å². The van der Waals surface area contributed by atoms with Gasteiger partial charge in [0.25, 0.3) is 0 Å². The zero-order chi connectivity index (χ0) is 8.43. The summed E-state index contributed by atoms with van der Waals surface area (Å²) in [6.07, 6.45) is 0.731. The van der Waals surface area contributed by atoms with Crippen molar-refractivity contribution in [1.29, 1.82) is 0 Å². The van der Waals surface area contributed by atoms with Crippen LogP contribution in [0.2, 0.25) is 0 Å². The number of rotatable bonds is 0. The minimum absolute atomic E-state index is 0.0426. The minimum Gasteiger partial charge on any atom is -0.338 e. The molecule has 11 heavy (non-hydrogen) atoms. The maximum absolute atomic E-state index is 11.2. The van der Waals surface area contributed by atoms with Crippen molar-refractivity contribution in [2.45, 2.75) is 13.3 Å². The molecule has 1 aliphatic rings. The molecule has 0 aliphatic carbocycles. The van der Waals surface area contributed by atoms with E-state index in [1.807, 2.05) is 6.92 Å². The van der Waals surface area contributed by atoms with E-state index in [1.54, 1.807) is 0 Å². The number of hydrogen-bond donors (Lipinski definition) is 1. The van der Waals surface area contributed by atoms with Crippen molar-refractivity contribution in [3.05, 3.63) is 0 Å². The van der Waals surface area contributed by atoms with Gasteiger partial charge in [-0.1, -0.05) is 6.92 Å². The van der Waals surface area contributed by atoms with Gasteiger partial charge >= 0.3 is 6.03 Å². The van der Waals surface area contributed by atoms with Gasteiger partial charge in [-0.2, -0.15) is 0 Å². The monoisotopic (exact) mass is 156 g/mol. The molecule has 3 amide bonds. The summed E-state index contributed by atoms with van der Waals surface area (Å²) in [5.41, 5.74) is 0. The van der Waals surface area contributed by atoms with Gasteiger partial charge in [-0.05, 0) is 6.42 Å². The SMILES string of the molecule is CC1CCNC(=O)N(C)C1=O. The number of imide groups is 1. The first-order valence-electron chi connectivity index (χ1n) is 3.68. The summed E-state index contributed by atoms with van der Waals surface area (Å²) >= 11 is 0. The molecule has 1 atom stereocenters. The lowest BCUT2D eigenvalue weighted by Crippen LogP contribution is -2.39. The molecule has 1 rings (SSSR count). The zero-order valence-electron chi connectivity index (χ0n) is 6.76. The van der Waals surface area contributed by atoms with Crippen molar-refractivity contribution in [3.63, 3.8) is 0 Å². The fourth-order valence-corrected chi connectivity index (χ4v) is 1.07. The van der Waals surface area contributed by atoms with Crippen LogP contribution in [-0.4, -0.2) is 30.4 Å². The molecule has 0 aromatic heterocycles. The summed E-state index contributed by atoms with van der Waals surface area (Å²) in [6.45, 7) is 2.43. The highest BCUT2D eigenvalue weighted by molar-refractivity contribution is 5.95. The molecular weight excluding hydrogens is 144 g/mol. The first-order valence-corrected chi connectivity index (χ1v) is 3.68. The van der Waals surface area contributed by atoms with Crippen LogP contribution in [-0.2, 0) is 4.79 Å². The Morgan fingerprint density at radius 3 is 2.82 bits per heavy atom. The Kier molecular flexibility index (Phi) is 2.12. The summed E-state index contributed by atoms with van der Waals surface area (Å²) < 4.78 is 0. The van der Waals surface area contributed by atoms with Crippen molar-refractivity contribution in [3.8, 4) is 0 Å². The summed E-state index contributed by atoms with van der Waals surface area (Å²) in [4.78, 5) is 23.3. The second-order valence-corrected chi connectivity index (χ2v) is 2.82. The number of urea groups is 1. The van der Waals surface area contributed by atoms with E-state index < -0.39 is 0 Å². The van der Waals surface area contributed by atoms with Crippen LogP contribution in [0.1, 0.15) is 13.3 Å². The second-order valence-electron chi connectivity index (χ2n) is 2.82. The van der Waals surface area contributed by atoms with Gasteiger partial charge in [-0.3, -0.25) is 9.69 Å². The van der Waals surface area contributed by atoms with E-state index in [1.165, 1.54) is 7.05 Å². The average Bonchev–Trinajstić information content (AvgIpc) is 2.07. The van der Waals surface area contributed by atoms with E-state index in [0.29, 0.717) is 6.54 Å². The van der Waals surface area contributed by atoms with Crippen LogP contribution in [0, 0.1) is 5.92 Å². The van der Waals surface area contributed by atoms with Gasteiger partial charge in [-0.15, -0.1) is 0 Å². The van der Waals surface area contributed by atoms with Crippen LogP contribution in [0.15, 0.2) is 0 Å². The molecule has 0 saturated carbocycles. The number of carbonyl (C=O) groups is 2. The van der Waals surface area contributed by atoms with Gasteiger partial charge in [0.1, 0.15) is 0 Å². The van der Waals surface area contributed by atoms with Crippen molar-refractivity contribution >= 4 is 11.9 Å². The van der Waals surface area contributed by atoms with Gasteiger partial charge in [0.05, 0.1) is 0 Å². The summed E-state index contributed by atoms with van der Waals surface area (Å²) in [6, 6.07) is -0.292. The quantitative estimate of drug-likeness (QED) is 0.544. The number of carbonyl (C=O) groups excluding carboxylic acids is 2. The van der Waals surface area contributed by atoms with Crippen LogP contribution >= 0.6 is 0 Å². The lowest BCUT2D eigenvalue weighted by molar-refractivity contribution is -0.130. The number of amides is 3. The molecule has 1 aliphatic heterocycles. The Labute approximate surface area is 65.6 Å². The maximum atomic E-state index is 11.2. The van der Waals surface area contributed by atoms with Crippen LogP contribution in [0.25, 0.3) is 0 Å². The van der Waals surface area contributed by atoms with Crippen molar-refractivity contribution < 1.29 is 9.59 Å². The fraction of sp³-hybridized carbons (Fsp3) is 0.714. The van der Waals surface area contributed by atoms with Crippen molar-refractivity contribution in [2.75, 3.05) is 13.6 Å². The number of hydrogen-bond acceptors (Lipinski definition) is 2. The van der Waals surface area contributed by atoms with Crippen LogP contribution in [0.3, 0.4) is 0 Å². The van der Waals surface area contributed by atoms with Gasteiger partial charge < -0.3 is 5.32 Å². The Morgan fingerprint density at radius 1 is 1.55 bits per heavy atom. The van der Waals surface area contributed by atoms with Gasteiger partial charge in [0.15, 0.2) is 0 Å². The van der Waals surface area contributed by atoms with Crippen LogP contribution < -0.4 is 5.32 Å². The second kappa shape index (κ2) is 2.90. The van der Waals surface area contributed by atoms with E-state index >= 15 is 0 Å². The van der Waals surface area contributed by atoms with E-state index in [0.717, 1.165) is 11.3 Å². The van der Waals surface area contributed by atoms with Crippen molar-refractivity contribution in [1.82, 2.24) is 10.2 Å². The smallest absolute Gasteiger partial charge is 0.323 e. The Bertz CT molecular complexity index is 191. The molecule has 1 unspecified atom stereocenters. The highest BCUT2D eigenvalue weighted by Gasteiger charge is 2.25. The van der Waals surface area contributed by atoms with E-state index in [4.69, 9.17) is 0 Å². The lowest BCUT2D eigenvalue weighted by Gasteiger charge is -2.13. The molecule has 62 valence electrons. The molecule has 0 radical (unpaired) electrons. The molecule has 1 heterocycles. The van der Waals surface area contributed by atoms with Crippen LogP contribution in [0.4, 0.5) is 4.79 Å². The third-order valence-electron chi connectivity index (χ3n) is 1.91. The third kappa shape index (κ3) is 1.50. The lowest BCUT2D eigenvalue weighted by atomic mass is 10.1. The first kappa shape index (κ1) is 8.04. The highest BCUT2D eigenvalue weighted by atomic mass is 16.2.